The van der Waals surface area contributed by atoms with Crippen molar-refractivity contribution in [3.05, 3.63) is 6.33 Å². The van der Waals surface area contributed by atoms with Crippen LogP contribution in [0.15, 0.2) is 6.33 Å². The van der Waals surface area contributed by atoms with Crippen LogP contribution >= 0.6 is 0 Å². The highest BCUT2D eigenvalue weighted by atomic mass is 16.5. The lowest BCUT2D eigenvalue weighted by Gasteiger charge is -2.12. The van der Waals surface area contributed by atoms with Crippen LogP contribution in [0.3, 0.4) is 0 Å². The number of carbonyl (C=O) groups excluding carboxylic acids is 2. The molecule has 0 aliphatic rings. The minimum Gasteiger partial charge on any atom is -0.451 e. The molecule has 1 heterocycles. The molecule has 88 valence electrons. The van der Waals surface area contributed by atoms with E-state index >= 15 is 0 Å². The average molecular weight is 227 g/mol. The summed E-state index contributed by atoms with van der Waals surface area (Å²) < 4.78 is 6.09. The Morgan fingerprint density at radius 1 is 1.56 bits per heavy atom. The van der Waals surface area contributed by atoms with Crippen LogP contribution in [0.1, 0.15) is 13.8 Å². The summed E-state index contributed by atoms with van der Waals surface area (Å²) in [6, 6.07) is 0. The van der Waals surface area contributed by atoms with Crippen LogP contribution < -0.4 is 5.32 Å². The molecule has 0 aliphatic carbocycles. The standard InChI is InChI=1S/C8H13N5O3/c1-3-9-8(15)6(2)16-7(14)4-13-5-10-11-12-13/h5-6H,3-4H2,1-2H3,(H,9,15)/t6-/m1/s1. The van der Waals surface area contributed by atoms with Gasteiger partial charge in [-0.3, -0.25) is 9.59 Å². The van der Waals surface area contributed by atoms with Crippen molar-refractivity contribution in [2.75, 3.05) is 6.54 Å². The van der Waals surface area contributed by atoms with Crippen molar-refractivity contribution in [1.82, 2.24) is 25.5 Å². The van der Waals surface area contributed by atoms with Gasteiger partial charge in [-0.1, -0.05) is 0 Å². The van der Waals surface area contributed by atoms with Gasteiger partial charge >= 0.3 is 5.97 Å². The number of amides is 1. The zero-order chi connectivity index (χ0) is 12.0. The first-order valence-electron chi connectivity index (χ1n) is 4.81. The molecule has 0 aromatic carbocycles. The Morgan fingerprint density at radius 2 is 2.31 bits per heavy atom. The van der Waals surface area contributed by atoms with Crippen molar-refractivity contribution in [2.24, 2.45) is 0 Å². The van der Waals surface area contributed by atoms with Crippen molar-refractivity contribution in [3.63, 3.8) is 0 Å². The lowest BCUT2D eigenvalue weighted by Crippen LogP contribution is -2.36. The third-order valence-corrected chi connectivity index (χ3v) is 1.71. The fraction of sp³-hybridized carbons (Fsp3) is 0.625. The lowest BCUT2D eigenvalue weighted by molar-refractivity contribution is -0.155. The second-order valence-corrected chi connectivity index (χ2v) is 3.03. The number of aromatic nitrogens is 4. The molecule has 8 nitrogen and oxygen atoms in total. The van der Waals surface area contributed by atoms with Gasteiger partial charge in [-0.25, -0.2) is 4.68 Å². The van der Waals surface area contributed by atoms with Gasteiger partial charge in [-0.15, -0.1) is 5.10 Å². The van der Waals surface area contributed by atoms with Crippen LogP contribution in [0.25, 0.3) is 0 Å². The molecule has 1 aromatic rings. The molecule has 0 saturated heterocycles. The van der Waals surface area contributed by atoms with Gasteiger partial charge in [-0.2, -0.15) is 0 Å². The first-order chi connectivity index (χ1) is 7.63. The molecule has 0 aliphatic heterocycles. The van der Waals surface area contributed by atoms with Crippen molar-refractivity contribution in [1.29, 1.82) is 0 Å². The van der Waals surface area contributed by atoms with Gasteiger partial charge < -0.3 is 10.1 Å². The van der Waals surface area contributed by atoms with E-state index in [1.807, 2.05) is 0 Å². The number of nitrogens with zero attached hydrogens (tertiary/aromatic N) is 4. The lowest BCUT2D eigenvalue weighted by atomic mass is 10.4. The molecule has 1 rings (SSSR count). The molecular formula is C8H13N5O3. The van der Waals surface area contributed by atoms with Crippen LogP contribution in [0.4, 0.5) is 0 Å². The molecule has 16 heavy (non-hydrogen) atoms. The predicted molar refractivity (Wildman–Crippen MR) is 52.1 cm³/mol. The Labute approximate surface area is 92.0 Å². The highest BCUT2D eigenvalue weighted by molar-refractivity contribution is 5.83. The molecule has 0 radical (unpaired) electrons. The van der Waals surface area contributed by atoms with Gasteiger partial charge in [0.25, 0.3) is 5.91 Å². The summed E-state index contributed by atoms with van der Waals surface area (Å²) in [5, 5.41) is 12.8. The van der Waals surface area contributed by atoms with Crippen LogP contribution in [-0.4, -0.2) is 44.7 Å². The fourth-order valence-electron chi connectivity index (χ4n) is 0.991. The predicted octanol–water partition coefficient (Wildman–Crippen LogP) is -1.26. The molecule has 1 amide bonds. The topological polar surface area (TPSA) is 99.0 Å². The normalized spacial score (nSPS) is 11.9. The van der Waals surface area contributed by atoms with Crippen molar-refractivity contribution in [2.45, 2.75) is 26.5 Å². The van der Waals surface area contributed by atoms with Gasteiger partial charge in [0.15, 0.2) is 6.10 Å². The minimum atomic E-state index is -0.816. The molecule has 0 fully saturated rings. The Bertz CT molecular complexity index is 351. The van der Waals surface area contributed by atoms with E-state index in [1.165, 1.54) is 17.9 Å². The van der Waals surface area contributed by atoms with E-state index in [0.29, 0.717) is 6.54 Å². The highest BCUT2D eigenvalue weighted by Gasteiger charge is 2.17. The monoisotopic (exact) mass is 227 g/mol. The Kier molecular flexibility index (Phi) is 4.37. The molecule has 0 saturated carbocycles. The zero-order valence-corrected chi connectivity index (χ0v) is 9.08. The number of likely N-dealkylation sites (N-methyl/N-ethyl adjacent to an activating group) is 1. The summed E-state index contributed by atoms with van der Waals surface area (Å²) in [7, 11) is 0. The summed E-state index contributed by atoms with van der Waals surface area (Å²) in [6.45, 7) is 3.67. The summed E-state index contributed by atoms with van der Waals surface area (Å²) in [4.78, 5) is 22.6. The van der Waals surface area contributed by atoms with E-state index in [0.717, 1.165) is 0 Å². The molecule has 8 heteroatoms. The second kappa shape index (κ2) is 5.79. The molecule has 0 unspecified atom stereocenters. The number of nitrogens with one attached hydrogen (secondary N) is 1. The zero-order valence-electron chi connectivity index (χ0n) is 9.08. The summed E-state index contributed by atoms with van der Waals surface area (Å²) in [5.41, 5.74) is 0. The van der Waals surface area contributed by atoms with Gasteiger partial charge in [0, 0.05) is 6.54 Å². The highest BCUT2D eigenvalue weighted by Crippen LogP contribution is 1.93. The first kappa shape index (κ1) is 12.1. The van der Waals surface area contributed by atoms with E-state index in [9.17, 15) is 9.59 Å². The fourth-order valence-corrected chi connectivity index (χ4v) is 0.991. The van der Waals surface area contributed by atoms with E-state index in [-0.39, 0.29) is 12.5 Å². The third-order valence-electron chi connectivity index (χ3n) is 1.71. The van der Waals surface area contributed by atoms with Gasteiger partial charge in [-0.05, 0) is 24.3 Å². The smallest absolute Gasteiger partial charge is 0.328 e. The maximum Gasteiger partial charge on any atom is 0.328 e. The first-order valence-corrected chi connectivity index (χ1v) is 4.81. The minimum absolute atomic E-state index is 0.114. The summed E-state index contributed by atoms with van der Waals surface area (Å²) in [5.74, 6) is -0.890. The van der Waals surface area contributed by atoms with E-state index in [1.54, 1.807) is 6.92 Å². The van der Waals surface area contributed by atoms with Crippen LogP contribution in [-0.2, 0) is 20.9 Å². The number of tetrazole rings is 1. The molecular weight excluding hydrogens is 214 g/mol. The van der Waals surface area contributed by atoms with Gasteiger partial charge in [0.1, 0.15) is 12.9 Å². The van der Waals surface area contributed by atoms with Crippen molar-refractivity contribution >= 4 is 11.9 Å². The second-order valence-electron chi connectivity index (χ2n) is 3.03. The number of ether oxygens (including phenoxy) is 1. The quantitative estimate of drug-likeness (QED) is 0.630. The van der Waals surface area contributed by atoms with Crippen molar-refractivity contribution < 1.29 is 14.3 Å². The van der Waals surface area contributed by atoms with E-state index in [4.69, 9.17) is 4.74 Å². The summed E-state index contributed by atoms with van der Waals surface area (Å²) in [6.07, 6.45) is 0.474. The van der Waals surface area contributed by atoms with E-state index in [2.05, 4.69) is 20.8 Å². The number of carbonyl (C=O) groups is 2. The average Bonchev–Trinajstić information content (AvgIpc) is 2.70. The van der Waals surface area contributed by atoms with Gasteiger partial charge in [0.2, 0.25) is 0 Å². The molecule has 0 spiro atoms. The van der Waals surface area contributed by atoms with Crippen LogP contribution in [0.5, 0.6) is 0 Å². The molecule has 1 N–H and O–H groups in total. The maximum absolute atomic E-state index is 11.3. The number of esters is 1. The SMILES string of the molecule is CCNC(=O)[C@@H](C)OC(=O)Cn1cnnn1. The molecule has 1 aromatic heterocycles. The number of hydrogen-bond acceptors (Lipinski definition) is 6. The van der Waals surface area contributed by atoms with E-state index < -0.39 is 12.1 Å². The van der Waals surface area contributed by atoms with Crippen molar-refractivity contribution in [3.8, 4) is 0 Å². The van der Waals surface area contributed by atoms with Gasteiger partial charge in [0.05, 0.1) is 0 Å². The van der Waals surface area contributed by atoms with Crippen LogP contribution in [0.2, 0.25) is 0 Å². The van der Waals surface area contributed by atoms with Crippen LogP contribution in [0, 0.1) is 0 Å². The number of hydrogen-bond donors (Lipinski definition) is 1. The molecule has 1 atom stereocenters. The Hall–Kier alpha value is -1.99. The Morgan fingerprint density at radius 3 is 2.88 bits per heavy atom. The number of rotatable bonds is 5. The largest absolute Gasteiger partial charge is 0.451 e. The maximum atomic E-state index is 11.3. The summed E-state index contributed by atoms with van der Waals surface area (Å²) >= 11 is 0. The Balaban J connectivity index is 2.36. The molecule has 0 bridgehead atoms. The third kappa shape index (κ3) is 3.64.